The number of nitrogens with two attached hydrogens (primary N) is 1. The summed E-state index contributed by atoms with van der Waals surface area (Å²) in [6.45, 7) is 15.2. The highest BCUT2D eigenvalue weighted by atomic mass is 16.4. The normalized spacial score (nSPS) is 20.2. The molecule has 0 saturated heterocycles. The van der Waals surface area contributed by atoms with Gasteiger partial charge in [-0.05, 0) is 98.8 Å². The van der Waals surface area contributed by atoms with Crippen molar-refractivity contribution in [2.45, 2.75) is 125 Å². The maximum absolute atomic E-state index is 12.4. The van der Waals surface area contributed by atoms with Gasteiger partial charge in [0.2, 0.25) is 11.8 Å². The van der Waals surface area contributed by atoms with Gasteiger partial charge in [0.15, 0.2) is 0 Å². The molecule has 3 aliphatic rings. The minimum atomic E-state index is -0.931. The Morgan fingerprint density at radius 2 is 1.45 bits per heavy atom. The van der Waals surface area contributed by atoms with Crippen molar-refractivity contribution in [3.8, 4) is 0 Å². The van der Waals surface area contributed by atoms with E-state index in [-0.39, 0.29) is 42.7 Å². The Morgan fingerprint density at radius 3 is 1.96 bits per heavy atom. The third kappa shape index (κ3) is 9.72. The van der Waals surface area contributed by atoms with E-state index in [9.17, 15) is 34.2 Å². The Labute approximate surface area is 299 Å². The van der Waals surface area contributed by atoms with Crippen LogP contribution in [0.15, 0.2) is 44.1 Å². The van der Waals surface area contributed by atoms with E-state index in [0.29, 0.717) is 37.8 Å². The largest absolute Gasteiger partial charge is 0.481 e. The predicted molar refractivity (Wildman–Crippen MR) is 195 cm³/mol. The number of hydrogen-bond donors (Lipinski definition) is 7. The van der Waals surface area contributed by atoms with Crippen LogP contribution in [0, 0.1) is 12.8 Å². The van der Waals surface area contributed by atoms with Gasteiger partial charge in [-0.25, -0.2) is 0 Å². The van der Waals surface area contributed by atoms with Crippen LogP contribution in [0.3, 0.4) is 0 Å². The molecule has 278 valence electrons. The average molecular weight is 708 g/mol. The van der Waals surface area contributed by atoms with Gasteiger partial charge in [-0.1, -0.05) is 27.7 Å². The van der Waals surface area contributed by atoms with Crippen molar-refractivity contribution in [1.82, 2.24) is 15.6 Å². The van der Waals surface area contributed by atoms with E-state index in [2.05, 4.69) is 15.6 Å². The third-order valence-corrected chi connectivity index (χ3v) is 10.1. The number of carboxylic acids is 3. The molecule has 4 rings (SSSR count). The number of nitrogens with one attached hydrogen (secondary N) is 3. The predicted octanol–water partition coefficient (Wildman–Crippen LogP) is 4.75. The lowest BCUT2D eigenvalue weighted by Gasteiger charge is -2.14. The van der Waals surface area contributed by atoms with Crippen LogP contribution in [0.1, 0.15) is 110 Å². The molecule has 0 aromatic carbocycles. The molecular weight excluding hydrogens is 654 g/mol. The van der Waals surface area contributed by atoms with Gasteiger partial charge in [0.05, 0.1) is 17.8 Å². The molecule has 51 heavy (non-hydrogen) atoms. The molecule has 0 fully saturated rings. The zero-order chi connectivity index (χ0) is 38.3. The molecule has 0 radical (unpaired) electrons. The summed E-state index contributed by atoms with van der Waals surface area (Å²) < 4.78 is 0. The van der Waals surface area contributed by atoms with Crippen molar-refractivity contribution in [1.29, 1.82) is 0 Å². The number of carboxylic acid groups (broad SMARTS) is 3. The molecule has 1 unspecified atom stereocenters. The van der Waals surface area contributed by atoms with Gasteiger partial charge in [0.25, 0.3) is 0 Å². The van der Waals surface area contributed by atoms with E-state index in [4.69, 9.17) is 15.8 Å². The van der Waals surface area contributed by atoms with Gasteiger partial charge in [-0.15, -0.1) is 0 Å². The second-order valence-corrected chi connectivity index (χ2v) is 13.7. The van der Waals surface area contributed by atoms with E-state index < -0.39 is 23.9 Å². The summed E-state index contributed by atoms with van der Waals surface area (Å²) in [4.78, 5) is 66.3. The molecule has 0 bridgehead atoms. The monoisotopic (exact) mass is 707 g/mol. The van der Waals surface area contributed by atoms with Gasteiger partial charge in [-0.2, -0.15) is 0 Å². The Morgan fingerprint density at radius 1 is 0.843 bits per heavy atom. The van der Waals surface area contributed by atoms with E-state index in [0.717, 1.165) is 68.1 Å². The first-order valence-corrected chi connectivity index (χ1v) is 17.5. The molecule has 13 heteroatoms. The zero-order valence-corrected chi connectivity index (χ0v) is 31.0. The van der Waals surface area contributed by atoms with Crippen molar-refractivity contribution < 1.29 is 39.3 Å². The highest BCUT2D eigenvalue weighted by molar-refractivity contribution is 6.07. The SMILES string of the molecule is CC(C)C(N)C(=O)O.CCC1=C(C)[C@H](CC2=N/C(=C\c3[nH]c(C[C@@H]4NC(=O)C(C)=C4CC)c(C)c3CCC(=O)O)C(CCC(=O)O)=C2C)NC1=O. The fraction of sp³-hybridized carbons (Fsp3) is 0.526. The number of hydrogen-bond acceptors (Lipinski definition) is 7. The van der Waals surface area contributed by atoms with Gasteiger partial charge in [-0.3, -0.25) is 29.0 Å². The number of amides is 2. The maximum atomic E-state index is 12.4. The Bertz CT molecular complexity index is 1740. The standard InChI is InChI=1S/C33H42N4O6.C5H11NO2/c1-7-20-19(6)32(42)37-27(20)14-25-18(5)23(10-12-31(40)41)29(35-25)15-28-22(9-11-30(38)39)17(4)24(34-28)13-26-16(3)21(8-2)33(43)36-26;1-3(2)4(6)5(7)8/h15,26-27,35H,7-14H2,1-6H3,(H,36,43)(H,37,42)(H,38,39)(H,40,41);3-4H,6H2,1-2H3,(H,7,8)/b28-15-;/t26-,27-;/m0./s1. The fourth-order valence-corrected chi connectivity index (χ4v) is 6.78. The first kappa shape index (κ1) is 40.6. The second kappa shape index (κ2) is 17.4. The molecule has 3 atom stereocenters. The van der Waals surface area contributed by atoms with Crippen molar-refractivity contribution in [2.75, 3.05) is 0 Å². The number of carbonyl (C=O) groups excluding carboxylic acids is 2. The number of aliphatic carboxylic acids is 3. The van der Waals surface area contributed by atoms with Crippen LogP contribution >= 0.6 is 0 Å². The molecule has 1 aromatic rings. The quantitative estimate of drug-likeness (QED) is 0.133. The van der Waals surface area contributed by atoms with Crippen LogP contribution in [0.5, 0.6) is 0 Å². The number of nitrogens with zero attached hydrogens (tertiary/aromatic N) is 1. The van der Waals surface area contributed by atoms with Crippen LogP contribution in [-0.4, -0.2) is 73.9 Å². The molecule has 1 aromatic heterocycles. The molecular formula is C38H53N5O8. The minimum Gasteiger partial charge on any atom is -0.481 e. The number of rotatable bonds is 15. The molecule has 13 nitrogen and oxygen atoms in total. The van der Waals surface area contributed by atoms with E-state index in [1.807, 2.05) is 47.6 Å². The third-order valence-electron chi connectivity index (χ3n) is 10.1. The highest BCUT2D eigenvalue weighted by Gasteiger charge is 2.32. The Kier molecular flexibility index (Phi) is 13.9. The molecule has 0 aliphatic carbocycles. The summed E-state index contributed by atoms with van der Waals surface area (Å²) in [7, 11) is 0. The number of allylic oxidation sites excluding steroid dienone is 2. The van der Waals surface area contributed by atoms with Crippen LogP contribution in [0.2, 0.25) is 0 Å². The number of H-pyrrole nitrogens is 1. The van der Waals surface area contributed by atoms with Crippen LogP contribution < -0.4 is 16.4 Å². The lowest BCUT2D eigenvalue weighted by molar-refractivity contribution is -0.140. The fourth-order valence-electron chi connectivity index (χ4n) is 6.78. The van der Waals surface area contributed by atoms with E-state index >= 15 is 0 Å². The molecule has 2 amide bonds. The van der Waals surface area contributed by atoms with E-state index in [1.54, 1.807) is 13.8 Å². The second-order valence-electron chi connectivity index (χ2n) is 13.7. The number of aromatic nitrogens is 1. The van der Waals surface area contributed by atoms with Crippen LogP contribution in [0.25, 0.3) is 6.08 Å². The summed E-state index contributed by atoms with van der Waals surface area (Å²) in [6.07, 6.45) is 4.84. The molecule has 3 aliphatic heterocycles. The summed E-state index contributed by atoms with van der Waals surface area (Å²) in [6, 6.07) is -1.03. The molecule has 4 heterocycles. The zero-order valence-electron chi connectivity index (χ0n) is 31.0. The molecule has 0 spiro atoms. The van der Waals surface area contributed by atoms with Crippen molar-refractivity contribution in [3.05, 3.63) is 61.7 Å². The molecule has 8 N–H and O–H groups in total. The highest BCUT2D eigenvalue weighted by Crippen LogP contribution is 2.35. The van der Waals surface area contributed by atoms with Crippen molar-refractivity contribution >= 4 is 41.5 Å². The first-order chi connectivity index (χ1) is 23.9. The van der Waals surface area contributed by atoms with E-state index in [1.165, 1.54) is 0 Å². The number of aliphatic imine (C=N–C) groups is 1. The summed E-state index contributed by atoms with van der Waals surface area (Å²) >= 11 is 0. The van der Waals surface area contributed by atoms with Gasteiger partial charge in [0, 0.05) is 53.9 Å². The van der Waals surface area contributed by atoms with Crippen LogP contribution in [-0.2, 0) is 36.8 Å². The van der Waals surface area contributed by atoms with Crippen molar-refractivity contribution in [3.63, 3.8) is 0 Å². The van der Waals surface area contributed by atoms with Crippen molar-refractivity contribution in [2.24, 2.45) is 16.6 Å². The lowest BCUT2D eigenvalue weighted by atomic mass is 9.95. The van der Waals surface area contributed by atoms with Gasteiger partial charge < -0.3 is 36.7 Å². The Hall–Kier alpha value is -4.78. The number of aromatic amines is 1. The molecule has 0 saturated carbocycles. The van der Waals surface area contributed by atoms with Gasteiger partial charge >= 0.3 is 17.9 Å². The Balaban J connectivity index is 0.000000783. The smallest absolute Gasteiger partial charge is 0.320 e. The summed E-state index contributed by atoms with van der Waals surface area (Å²) in [5, 5.41) is 33.2. The summed E-state index contributed by atoms with van der Waals surface area (Å²) in [5.74, 6) is -2.84. The minimum absolute atomic E-state index is 0.0208. The maximum Gasteiger partial charge on any atom is 0.320 e. The summed E-state index contributed by atoms with van der Waals surface area (Å²) in [5.41, 5.74) is 15.4. The first-order valence-electron chi connectivity index (χ1n) is 17.5. The number of carbonyl (C=O) groups is 5. The lowest BCUT2D eigenvalue weighted by Crippen LogP contribution is -2.34. The topological polar surface area (TPSA) is 224 Å². The van der Waals surface area contributed by atoms with Gasteiger partial charge in [0.1, 0.15) is 6.04 Å². The van der Waals surface area contributed by atoms with Crippen LogP contribution in [0.4, 0.5) is 0 Å². The average Bonchev–Trinajstić information content (AvgIpc) is 3.70.